The highest BCUT2D eigenvalue weighted by Gasteiger charge is 2.18. The highest BCUT2D eigenvalue weighted by Crippen LogP contribution is 2.19. The number of aryl methyl sites for hydroxylation is 1. The number of hydrogen-bond donors (Lipinski definition) is 2. The Bertz CT molecular complexity index is 773. The summed E-state index contributed by atoms with van der Waals surface area (Å²) < 4.78 is 1.91. The fraction of sp³-hybridized carbons (Fsp3) is 0.421. The summed E-state index contributed by atoms with van der Waals surface area (Å²) in [6, 6.07) is 10.0. The van der Waals surface area contributed by atoms with E-state index in [4.69, 9.17) is 0 Å². The fourth-order valence-corrected chi connectivity index (χ4v) is 3.47. The highest BCUT2D eigenvalue weighted by molar-refractivity contribution is 6.01. The maximum absolute atomic E-state index is 12.0. The van der Waals surface area contributed by atoms with Gasteiger partial charge in [-0.2, -0.15) is 10.2 Å². The van der Waals surface area contributed by atoms with Gasteiger partial charge in [-0.15, -0.1) is 0 Å². The van der Waals surface area contributed by atoms with Crippen molar-refractivity contribution in [1.82, 2.24) is 20.5 Å². The molecule has 2 amide bonds. The summed E-state index contributed by atoms with van der Waals surface area (Å²) in [5, 5.41) is 11.9. The van der Waals surface area contributed by atoms with Crippen LogP contribution < -0.4 is 10.7 Å². The van der Waals surface area contributed by atoms with Gasteiger partial charge in [0.1, 0.15) is 0 Å². The predicted molar refractivity (Wildman–Crippen MR) is 99.2 cm³/mol. The molecule has 0 aliphatic heterocycles. The SMILES string of the molecule is C/C(=N\NC(=O)NC1CCCC1)c1c(C)nn(-c2ccccc2)c1C. The van der Waals surface area contributed by atoms with E-state index in [9.17, 15) is 4.79 Å². The Hall–Kier alpha value is -2.63. The van der Waals surface area contributed by atoms with Crippen molar-refractivity contribution in [3.05, 3.63) is 47.3 Å². The van der Waals surface area contributed by atoms with E-state index in [0.717, 1.165) is 41.2 Å². The van der Waals surface area contributed by atoms with E-state index in [1.165, 1.54) is 12.8 Å². The van der Waals surface area contributed by atoms with E-state index < -0.39 is 0 Å². The average molecular weight is 339 g/mol. The van der Waals surface area contributed by atoms with Gasteiger partial charge in [0.25, 0.3) is 0 Å². The van der Waals surface area contributed by atoms with Gasteiger partial charge >= 0.3 is 6.03 Å². The standard InChI is InChI=1S/C19H25N5O/c1-13(21-22-19(25)20-16-9-7-8-10-16)18-14(2)23-24(15(18)3)17-11-5-4-6-12-17/h4-6,11-12,16H,7-10H2,1-3H3,(H2,20,22,25)/b21-13+. The molecule has 0 radical (unpaired) electrons. The number of nitrogens with one attached hydrogen (secondary N) is 2. The Morgan fingerprint density at radius 2 is 1.88 bits per heavy atom. The van der Waals surface area contributed by atoms with Crippen LogP contribution in [0.2, 0.25) is 0 Å². The number of carbonyl (C=O) groups excluding carboxylic acids is 1. The topological polar surface area (TPSA) is 71.3 Å². The minimum Gasteiger partial charge on any atom is -0.334 e. The molecular weight excluding hydrogens is 314 g/mol. The summed E-state index contributed by atoms with van der Waals surface area (Å²) in [6.07, 6.45) is 4.48. The van der Waals surface area contributed by atoms with Crippen LogP contribution >= 0.6 is 0 Å². The summed E-state index contributed by atoms with van der Waals surface area (Å²) in [7, 11) is 0. The molecule has 6 heteroatoms. The van der Waals surface area contributed by atoms with Crippen LogP contribution in [-0.2, 0) is 0 Å². The van der Waals surface area contributed by atoms with E-state index in [2.05, 4.69) is 20.9 Å². The highest BCUT2D eigenvalue weighted by atomic mass is 16.2. The third-order valence-corrected chi connectivity index (χ3v) is 4.67. The number of urea groups is 1. The van der Waals surface area contributed by atoms with Gasteiger partial charge in [-0.3, -0.25) is 0 Å². The molecule has 0 unspecified atom stereocenters. The molecule has 0 spiro atoms. The molecule has 6 nitrogen and oxygen atoms in total. The molecule has 2 aromatic rings. The third-order valence-electron chi connectivity index (χ3n) is 4.67. The lowest BCUT2D eigenvalue weighted by Gasteiger charge is -2.11. The van der Waals surface area contributed by atoms with Crippen molar-refractivity contribution in [2.75, 3.05) is 0 Å². The second-order valence-corrected chi connectivity index (χ2v) is 6.56. The largest absolute Gasteiger partial charge is 0.335 e. The first-order chi connectivity index (χ1) is 12.1. The lowest BCUT2D eigenvalue weighted by Crippen LogP contribution is -2.39. The third kappa shape index (κ3) is 3.90. The molecule has 132 valence electrons. The van der Waals surface area contributed by atoms with Crippen molar-refractivity contribution in [2.45, 2.75) is 52.5 Å². The van der Waals surface area contributed by atoms with Crippen molar-refractivity contribution in [2.24, 2.45) is 5.10 Å². The molecule has 1 aliphatic carbocycles. The van der Waals surface area contributed by atoms with E-state index in [1.807, 2.05) is 55.8 Å². The van der Waals surface area contributed by atoms with Gasteiger partial charge in [-0.25, -0.2) is 14.9 Å². The van der Waals surface area contributed by atoms with Crippen molar-refractivity contribution in [1.29, 1.82) is 0 Å². The summed E-state index contributed by atoms with van der Waals surface area (Å²) in [6.45, 7) is 5.86. The number of carbonyl (C=O) groups is 1. The van der Waals surface area contributed by atoms with Crippen LogP contribution in [0.3, 0.4) is 0 Å². The number of para-hydroxylation sites is 1. The molecule has 0 saturated heterocycles. The van der Waals surface area contributed by atoms with Crippen molar-refractivity contribution in [3.63, 3.8) is 0 Å². The Balaban J connectivity index is 1.74. The van der Waals surface area contributed by atoms with Crippen LogP contribution in [0.15, 0.2) is 35.4 Å². The van der Waals surface area contributed by atoms with Gasteiger partial charge in [0.15, 0.2) is 0 Å². The van der Waals surface area contributed by atoms with Crippen molar-refractivity contribution in [3.8, 4) is 5.69 Å². The second-order valence-electron chi connectivity index (χ2n) is 6.56. The Labute approximate surface area is 148 Å². The summed E-state index contributed by atoms with van der Waals surface area (Å²) in [5.74, 6) is 0. The number of rotatable bonds is 4. The molecule has 1 heterocycles. The van der Waals surface area contributed by atoms with Crippen LogP contribution in [0.25, 0.3) is 5.69 Å². The van der Waals surface area contributed by atoms with Crippen LogP contribution in [0, 0.1) is 13.8 Å². The number of amides is 2. The van der Waals surface area contributed by atoms with Gasteiger partial charge in [0.05, 0.1) is 22.8 Å². The van der Waals surface area contributed by atoms with E-state index in [0.29, 0.717) is 0 Å². The normalized spacial score (nSPS) is 15.4. The van der Waals surface area contributed by atoms with E-state index in [-0.39, 0.29) is 12.1 Å². The fourth-order valence-electron chi connectivity index (χ4n) is 3.47. The molecule has 1 fully saturated rings. The summed E-state index contributed by atoms with van der Waals surface area (Å²) >= 11 is 0. The Kier molecular flexibility index (Phi) is 5.16. The molecular formula is C19H25N5O. The molecule has 3 rings (SSSR count). The number of benzene rings is 1. The Morgan fingerprint density at radius 1 is 1.20 bits per heavy atom. The summed E-state index contributed by atoms with van der Waals surface area (Å²) in [4.78, 5) is 12.0. The molecule has 2 N–H and O–H groups in total. The monoisotopic (exact) mass is 339 g/mol. The van der Waals surface area contributed by atoms with E-state index >= 15 is 0 Å². The van der Waals surface area contributed by atoms with E-state index in [1.54, 1.807) is 0 Å². The first kappa shape index (κ1) is 17.2. The first-order valence-electron chi connectivity index (χ1n) is 8.79. The lowest BCUT2D eigenvalue weighted by atomic mass is 10.1. The molecule has 1 saturated carbocycles. The Morgan fingerprint density at radius 3 is 2.56 bits per heavy atom. The smallest absolute Gasteiger partial charge is 0.334 e. The van der Waals surface area contributed by atoms with Gasteiger partial charge in [0.2, 0.25) is 0 Å². The number of nitrogens with zero attached hydrogens (tertiary/aromatic N) is 3. The zero-order valence-corrected chi connectivity index (χ0v) is 15.0. The van der Waals surface area contributed by atoms with Gasteiger partial charge in [-0.1, -0.05) is 31.0 Å². The zero-order valence-electron chi connectivity index (χ0n) is 15.0. The minimum atomic E-state index is -0.239. The maximum atomic E-state index is 12.0. The molecule has 1 aromatic heterocycles. The quantitative estimate of drug-likeness (QED) is 0.661. The predicted octanol–water partition coefficient (Wildman–Crippen LogP) is 3.45. The lowest BCUT2D eigenvalue weighted by molar-refractivity contribution is 0.237. The van der Waals surface area contributed by atoms with Crippen LogP contribution in [-0.4, -0.2) is 27.6 Å². The van der Waals surface area contributed by atoms with Crippen LogP contribution in [0.1, 0.15) is 49.6 Å². The first-order valence-corrected chi connectivity index (χ1v) is 8.79. The molecule has 0 bridgehead atoms. The summed E-state index contributed by atoms with van der Waals surface area (Å²) in [5.41, 5.74) is 7.22. The van der Waals surface area contributed by atoms with Crippen molar-refractivity contribution >= 4 is 11.7 Å². The van der Waals surface area contributed by atoms with Crippen LogP contribution in [0.4, 0.5) is 4.79 Å². The number of aromatic nitrogens is 2. The number of hydrazone groups is 1. The molecule has 0 atom stereocenters. The van der Waals surface area contributed by atoms with Crippen LogP contribution in [0.5, 0.6) is 0 Å². The van der Waals surface area contributed by atoms with Crippen molar-refractivity contribution < 1.29 is 4.79 Å². The molecule has 1 aliphatic rings. The molecule has 1 aromatic carbocycles. The molecule has 25 heavy (non-hydrogen) atoms. The van der Waals surface area contributed by atoms with Gasteiger partial charge in [0, 0.05) is 11.6 Å². The second kappa shape index (κ2) is 7.51. The van der Waals surface area contributed by atoms with Gasteiger partial charge in [-0.05, 0) is 45.7 Å². The minimum absolute atomic E-state index is 0.239. The average Bonchev–Trinajstić information content (AvgIpc) is 3.21. The maximum Gasteiger partial charge on any atom is 0.335 e. The zero-order chi connectivity index (χ0) is 17.8. The number of hydrogen-bond acceptors (Lipinski definition) is 3. The van der Waals surface area contributed by atoms with Gasteiger partial charge < -0.3 is 5.32 Å².